The van der Waals surface area contributed by atoms with Crippen LogP contribution in [0.2, 0.25) is 0 Å². The molecule has 4 rings (SSSR count). The second kappa shape index (κ2) is 12.1. The molecule has 3 aromatic carbocycles. The lowest BCUT2D eigenvalue weighted by Crippen LogP contribution is -2.23. The summed E-state index contributed by atoms with van der Waals surface area (Å²) in [5, 5.41) is 0. The van der Waals surface area contributed by atoms with Gasteiger partial charge in [0.2, 0.25) is 11.5 Å². The first-order valence-electron chi connectivity index (χ1n) is 12.3. The average molecular weight is 509 g/mol. The zero-order chi connectivity index (χ0) is 26.4. The van der Waals surface area contributed by atoms with E-state index in [1.165, 1.54) is 0 Å². The van der Waals surface area contributed by atoms with E-state index >= 15 is 0 Å². The highest BCUT2D eigenvalue weighted by molar-refractivity contribution is 5.56. The SMILES string of the molecule is COc1cc([C@H]2CC[C@@H](c3cc(OC)c(OC)c(OC)c3)C2OCc2ccccc2)cc(OC)c1OC. The Labute approximate surface area is 219 Å². The van der Waals surface area contributed by atoms with Crippen LogP contribution in [0.5, 0.6) is 34.5 Å². The molecular formula is C30H36O7. The van der Waals surface area contributed by atoms with E-state index in [1.807, 2.05) is 42.5 Å². The molecule has 37 heavy (non-hydrogen) atoms. The predicted octanol–water partition coefficient (Wildman–Crippen LogP) is 5.98. The maximum atomic E-state index is 6.70. The summed E-state index contributed by atoms with van der Waals surface area (Å²) < 4.78 is 40.4. The highest BCUT2D eigenvalue weighted by Gasteiger charge is 2.40. The number of ether oxygens (including phenoxy) is 7. The Morgan fingerprint density at radius 2 is 0.973 bits per heavy atom. The van der Waals surface area contributed by atoms with Crippen molar-refractivity contribution in [3.05, 3.63) is 71.3 Å². The zero-order valence-electron chi connectivity index (χ0n) is 22.4. The zero-order valence-corrected chi connectivity index (χ0v) is 22.4. The first-order valence-corrected chi connectivity index (χ1v) is 12.3. The second-order valence-electron chi connectivity index (χ2n) is 8.97. The molecule has 3 atom stereocenters. The van der Waals surface area contributed by atoms with Gasteiger partial charge in [-0.05, 0) is 53.8 Å². The van der Waals surface area contributed by atoms with Gasteiger partial charge in [0, 0.05) is 11.8 Å². The molecule has 3 aromatic rings. The third kappa shape index (κ3) is 5.42. The summed E-state index contributed by atoms with van der Waals surface area (Å²) >= 11 is 0. The highest BCUT2D eigenvalue weighted by atomic mass is 16.5. The van der Waals surface area contributed by atoms with Crippen LogP contribution >= 0.6 is 0 Å². The first kappa shape index (κ1) is 26.5. The Morgan fingerprint density at radius 1 is 0.568 bits per heavy atom. The van der Waals surface area contributed by atoms with Crippen LogP contribution in [0.4, 0.5) is 0 Å². The van der Waals surface area contributed by atoms with Gasteiger partial charge in [-0.15, -0.1) is 0 Å². The predicted molar refractivity (Wildman–Crippen MR) is 142 cm³/mol. The van der Waals surface area contributed by atoms with Gasteiger partial charge in [0.25, 0.3) is 0 Å². The van der Waals surface area contributed by atoms with Crippen LogP contribution in [-0.4, -0.2) is 48.8 Å². The van der Waals surface area contributed by atoms with Crippen molar-refractivity contribution in [1.29, 1.82) is 0 Å². The summed E-state index contributed by atoms with van der Waals surface area (Å²) in [6.07, 6.45) is 1.75. The fourth-order valence-corrected chi connectivity index (χ4v) is 5.31. The maximum Gasteiger partial charge on any atom is 0.203 e. The summed E-state index contributed by atoms with van der Waals surface area (Å²) in [7, 11) is 9.77. The average Bonchev–Trinajstić information content (AvgIpc) is 3.38. The molecule has 0 heterocycles. The van der Waals surface area contributed by atoms with Gasteiger partial charge >= 0.3 is 0 Å². The topological polar surface area (TPSA) is 64.6 Å². The van der Waals surface area contributed by atoms with Gasteiger partial charge in [-0.3, -0.25) is 0 Å². The lowest BCUT2D eigenvalue weighted by Gasteiger charge is -2.28. The van der Waals surface area contributed by atoms with E-state index < -0.39 is 0 Å². The normalized spacial score (nSPS) is 18.8. The molecule has 7 heteroatoms. The Morgan fingerprint density at radius 3 is 1.32 bits per heavy atom. The van der Waals surface area contributed by atoms with E-state index in [-0.39, 0.29) is 17.9 Å². The van der Waals surface area contributed by atoms with Gasteiger partial charge in [0.15, 0.2) is 23.0 Å². The summed E-state index contributed by atoms with van der Waals surface area (Å²) in [6.45, 7) is 0.507. The molecule has 0 amide bonds. The van der Waals surface area contributed by atoms with Gasteiger partial charge in [0.05, 0.1) is 55.4 Å². The molecule has 0 aromatic heterocycles. The van der Waals surface area contributed by atoms with Crippen molar-refractivity contribution in [1.82, 2.24) is 0 Å². The second-order valence-corrected chi connectivity index (χ2v) is 8.97. The van der Waals surface area contributed by atoms with Crippen molar-refractivity contribution >= 4 is 0 Å². The molecule has 1 aliphatic carbocycles. The van der Waals surface area contributed by atoms with E-state index in [0.29, 0.717) is 41.1 Å². The number of hydrogen-bond donors (Lipinski definition) is 0. The smallest absolute Gasteiger partial charge is 0.203 e. The largest absolute Gasteiger partial charge is 0.493 e. The van der Waals surface area contributed by atoms with Gasteiger partial charge in [-0.25, -0.2) is 0 Å². The van der Waals surface area contributed by atoms with Crippen molar-refractivity contribution in [2.75, 3.05) is 42.7 Å². The molecule has 0 radical (unpaired) electrons. The monoisotopic (exact) mass is 508 g/mol. The quantitative estimate of drug-likeness (QED) is 0.315. The Bertz CT molecular complexity index is 1060. The van der Waals surface area contributed by atoms with Crippen molar-refractivity contribution in [2.24, 2.45) is 0 Å². The van der Waals surface area contributed by atoms with Crippen LogP contribution in [-0.2, 0) is 11.3 Å². The Balaban J connectivity index is 1.76. The van der Waals surface area contributed by atoms with Crippen LogP contribution in [0.3, 0.4) is 0 Å². The van der Waals surface area contributed by atoms with Gasteiger partial charge in [0.1, 0.15) is 0 Å². The van der Waals surface area contributed by atoms with Crippen molar-refractivity contribution in [3.8, 4) is 34.5 Å². The molecule has 7 nitrogen and oxygen atoms in total. The van der Waals surface area contributed by atoms with Crippen LogP contribution in [0.25, 0.3) is 0 Å². The molecule has 0 aliphatic heterocycles. The van der Waals surface area contributed by atoms with Crippen molar-refractivity contribution in [3.63, 3.8) is 0 Å². The van der Waals surface area contributed by atoms with Crippen LogP contribution in [0.1, 0.15) is 41.4 Å². The molecule has 0 N–H and O–H groups in total. The first-order chi connectivity index (χ1) is 18.1. The molecule has 198 valence electrons. The lowest BCUT2D eigenvalue weighted by atomic mass is 9.89. The third-order valence-corrected chi connectivity index (χ3v) is 7.10. The van der Waals surface area contributed by atoms with Crippen molar-refractivity contribution in [2.45, 2.75) is 37.4 Å². The summed E-state index contributed by atoms with van der Waals surface area (Å²) in [5.74, 6) is 3.92. The van der Waals surface area contributed by atoms with Crippen molar-refractivity contribution < 1.29 is 33.2 Å². The summed E-state index contributed by atoms with van der Waals surface area (Å²) in [4.78, 5) is 0. The molecular weight excluding hydrogens is 472 g/mol. The summed E-state index contributed by atoms with van der Waals surface area (Å²) in [5.41, 5.74) is 3.30. The molecule has 1 unspecified atom stereocenters. The number of methoxy groups -OCH3 is 6. The van der Waals surface area contributed by atoms with E-state index in [9.17, 15) is 0 Å². The molecule has 1 saturated carbocycles. The molecule has 1 aliphatic rings. The van der Waals surface area contributed by atoms with E-state index in [0.717, 1.165) is 29.5 Å². The van der Waals surface area contributed by atoms with Crippen LogP contribution < -0.4 is 28.4 Å². The minimum Gasteiger partial charge on any atom is -0.493 e. The van der Waals surface area contributed by atoms with Gasteiger partial charge in [-0.2, -0.15) is 0 Å². The molecule has 0 spiro atoms. The fourth-order valence-electron chi connectivity index (χ4n) is 5.31. The van der Waals surface area contributed by atoms with Gasteiger partial charge in [-0.1, -0.05) is 30.3 Å². The summed E-state index contributed by atoms with van der Waals surface area (Å²) in [6, 6.07) is 18.4. The molecule has 0 bridgehead atoms. The Kier molecular flexibility index (Phi) is 8.66. The van der Waals surface area contributed by atoms with Crippen LogP contribution in [0.15, 0.2) is 54.6 Å². The maximum absolute atomic E-state index is 6.70. The molecule has 1 fully saturated rings. The Hall–Kier alpha value is -3.58. The third-order valence-electron chi connectivity index (χ3n) is 7.10. The van der Waals surface area contributed by atoms with E-state index in [2.05, 4.69) is 12.1 Å². The van der Waals surface area contributed by atoms with Gasteiger partial charge < -0.3 is 33.2 Å². The number of hydrogen-bond acceptors (Lipinski definition) is 7. The minimum atomic E-state index is -0.106. The van der Waals surface area contributed by atoms with E-state index in [1.54, 1.807) is 42.7 Å². The molecule has 0 saturated heterocycles. The fraction of sp³-hybridized carbons (Fsp3) is 0.400. The minimum absolute atomic E-state index is 0.106. The lowest BCUT2D eigenvalue weighted by molar-refractivity contribution is 0.0230. The van der Waals surface area contributed by atoms with E-state index in [4.69, 9.17) is 33.2 Å². The number of rotatable bonds is 11. The van der Waals surface area contributed by atoms with Crippen LogP contribution in [0, 0.1) is 0 Å². The highest BCUT2D eigenvalue weighted by Crippen LogP contribution is 2.51. The number of benzene rings is 3. The standard InChI is InChI=1S/C30H36O7/c1-31-24-14-20(15-25(32-2)29(24)35-5)22-12-13-23(28(22)37-18-19-10-8-7-9-11-19)21-16-26(33-3)30(36-6)27(17-21)34-4/h7-11,14-17,22-23,28H,12-13,18H2,1-6H3/t22-,23+,28?.